The molecule has 1 rings (SSSR count). The number of unbranched alkanes of at least 4 members (excludes halogenated alkanes) is 1. The summed E-state index contributed by atoms with van der Waals surface area (Å²) in [6, 6.07) is 0. The van der Waals surface area contributed by atoms with Crippen LogP contribution in [0.1, 0.15) is 25.5 Å². The molecule has 16 heavy (non-hydrogen) atoms. The fourth-order valence-electron chi connectivity index (χ4n) is 1.26. The quantitative estimate of drug-likeness (QED) is 0.607. The van der Waals surface area contributed by atoms with Gasteiger partial charge in [-0.3, -0.25) is 0 Å². The number of ether oxygens (including phenoxy) is 1. The van der Waals surface area contributed by atoms with E-state index < -0.39 is 6.10 Å². The van der Waals surface area contributed by atoms with Crippen LogP contribution in [0.15, 0.2) is 6.20 Å². The van der Waals surface area contributed by atoms with E-state index in [0.29, 0.717) is 26.3 Å². The molecule has 1 atom stereocenters. The molecule has 6 heteroatoms. The SMILES string of the molecule is CCCCOCC(O)Cn1cc(CN)nn1. The fourth-order valence-corrected chi connectivity index (χ4v) is 1.26. The van der Waals surface area contributed by atoms with Crippen LogP contribution in [0.3, 0.4) is 0 Å². The van der Waals surface area contributed by atoms with Crippen LogP contribution in [-0.2, 0) is 17.8 Å². The molecular formula is C10H20N4O2. The number of hydrogen-bond donors (Lipinski definition) is 2. The van der Waals surface area contributed by atoms with E-state index in [2.05, 4.69) is 17.2 Å². The van der Waals surface area contributed by atoms with Crippen LogP contribution in [0, 0.1) is 0 Å². The van der Waals surface area contributed by atoms with E-state index in [4.69, 9.17) is 10.5 Å². The van der Waals surface area contributed by atoms with Crippen LogP contribution < -0.4 is 5.73 Å². The van der Waals surface area contributed by atoms with Crippen molar-refractivity contribution in [2.75, 3.05) is 13.2 Å². The molecule has 0 aliphatic carbocycles. The van der Waals surface area contributed by atoms with Gasteiger partial charge in [0.2, 0.25) is 0 Å². The van der Waals surface area contributed by atoms with E-state index >= 15 is 0 Å². The van der Waals surface area contributed by atoms with Crippen molar-refractivity contribution in [3.05, 3.63) is 11.9 Å². The lowest BCUT2D eigenvalue weighted by Crippen LogP contribution is -2.22. The van der Waals surface area contributed by atoms with Gasteiger partial charge in [0.05, 0.1) is 24.9 Å². The number of hydrogen-bond acceptors (Lipinski definition) is 5. The lowest BCUT2D eigenvalue weighted by atomic mass is 10.3. The molecule has 1 aromatic heterocycles. The van der Waals surface area contributed by atoms with Crippen LogP contribution in [0.2, 0.25) is 0 Å². The Morgan fingerprint density at radius 1 is 1.62 bits per heavy atom. The molecule has 0 aliphatic heterocycles. The van der Waals surface area contributed by atoms with Gasteiger partial charge in [0, 0.05) is 19.3 Å². The Hall–Kier alpha value is -0.980. The van der Waals surface area contributed by atoms with Crippen LogP contribution in [-0.4, -0.2) is 39.4 Å². The Morgan fingerprint density at radius 2 is 2.44 bits per heavy atom. The minimum Gasteiger partial charge on any atom is -0.389 e. The normalized spacial score (nSPS) is 12.9. The van der Waals surface area contributed by atoms with Gasteiger partial charge >= 0.3 is 0 Å². The summed E-state index contributed by atoms with van der Waals surface area (Å²) in [6.07, 6.45) is 3.30. The first-order valence-corrected chi connectivity index (χ1v) is 5.61. The molecular weight excluding hydrogens is 208 g/mol. The zero-order valence-electron chi connectivity index (χ0n) is 9.67. The zero-order valence-corrected chi connectivity index (χ0v) is 9.67. The van der Waals surface area contributed by atoms with Crippen LogP contribution >= 0.6 is 0 Å². The highest BCUT2D eigenvalue weighted by molar-refractivity contribution is 4.90. The Bertz CT molecular complexity index is 290. The molecule has 3 N–H and O–H groups in total. The summed E-state index contributed by atoms with van der Waals surface area (Å²) in [4.78, 5) is 0. The van der Waals surface area contributed by atoms with Gasteiger partial charge in [-0.25, -0.2) is 4.68 Å². The Kier molecular flexibility index (Phi) is 5.99. The molecule has 0 saturated heterocycles. The van der Waals surface area contributed by atoms with Crippen molar-refractivity contribution < 1.29 is 9.84 Å². The highest BCUT2D eigenvalue weighted by Crippen LogP contribution is 1.96. The highest BCUT2D eigenvalue weighted by Gasteiger charge is 2.07. The third kappa shape index (κ3) is 4.69. The van der Waals surface area contributed by atoms with Gasteiger partial charge in [0.25, 0.3) is 0 Å². The maximum atomic E-state index is 9.64. The first-order chi connectivity index (χ1) is 7.76. The second kappa shape index (κ2) is 7.32. The summed E-state index contributed by atoms with van der Waals surface area (Å²) in [5.74, 6) is 0. The summed E-state index contributed by atoms with van der Waals surface area (Å²) in [5, 5.41) is 17.3. The molecule has 1 unspecified atom stereocenters. The highest BCUT2D eigenvalue weighted by atomic mass is 16.5. The Labute approximate surface area is 95.4 Å². The number of aliphatic hydroxyl groups excluding tert-OH is 1. The van der Waals surface area contributed by atoms with Crippen molar-refractivity contribution in [3.63, 3.8) is 0 Å². The van der Waals surface area contributed by atoms with Crippen molar-refractivity contribution in [1.29, 1.82) is 0 Å². The first-order valence-electron chi connectivity index (χ1n) is 5.61. The summed E-state index contributed by atoms with van der Waals surface area (Å²) < 4.78 is 6.88. The minimum atomic E-state index is -0.552. The second-order valence-corrected chi connectivity index (χ2v) is 3.72. The summed E-state index contributed by atoms with van der Waals surface area (Å²) >= 11 is 0. The summed E-state index contributed by atoms with van der Waals surface area (Å²) in [7, 11) is 0. The van der Waals surface area contributed by atoms with Crippen molar-refractivity contribution in [2.45, 2.75) is 39.0 Å². The van der Waals surface area contributed by atoms with E-state index in [9.17, 15) is 5.11 Å². The van der Waals surface area contributed by atoms with Gasteiger partial charge in [0.1, 0.15) is 0 Å². The smallest absolute Gasteiger partial charge is 0.0969 e. The van der Waals surface area contributed by atoms with Gasteiger partial charge < -0.3 is 15.6 Å². The minimum absolute atomic E-state index is 0.331. The van der Waals surface area contributed by atoms with E-state index in [0.717, 1.165) is 18.5 Å². The van der Waals surface area contributed by atoms with Crippen molar-refractivity contribution in [3.8, 4) is 0 Å². The number of aromatic nitrogens is 3. The molecule has 1 aromatic rings. The lowest BCUT2D eigenvalue weighted by molar-refractivity contribution is 0.0251. The molecule has 0 amide bonds. The fraction of sp³-hybridized carbons (Fsp3) is 0.800. The molecule has 0 radical (unpaired) electrons. The van der Waals surface area contributed by atoms with Gasteiger partial charge in [-0.15, -0.1) is 5.10 Å². The van der Waals surface area contributed by atoms with Crippen molar-refractivity contribution in [2.24, 2.45) is 5.73 Å². The number of nitrogens with zero attached hydrogens (tertiary/aromatic N) is 3. The Balaban J connectivity index is 2.20. The average Bonchev–Trinajstić information content (AvgIpc) is 2.72. The van der Waals surface area contributed by atoms with Crippen molar-refractivity contribution >= 4 is 0 Å². The van der Waals surface area contributed by atoms with Crippen molar-refractivity contribution in [1.82, 2.24) is 15.0 Å². The monoisotopic (exact) mass is 228 g/mol. The topological polar surface area (TPSA) is 86.2 Å². The zero-order chi connectivity index (χ0) is 11.8. The first kappa shape index (κ1) is 13.1. The second-order valence-electron chi connectivity index (χ2n) is 3.72. The molecule has 0 fully saturated rings. The Morgan fingerprint density at radius 3 is 3.06 bits per heavy atom. The third-order valence-corrected chi connectivity index (χ3v) is 2.15. The molecule has 1 heterocycles. The maximum absolute atomic E-state index is 9.64. The van der Waals surface area contributed by atoms with Crippen LogP contribution in [0.5, 0.6) is 0 Å². The van der Waals surface area contributed by atoms with Gasteiger partial charge in [-0.1, -0.05) is 18.6 Å². The molecule has 0 aromatic carbocycles. The maximum Gasteiger partial charge on any atom is 0.0969 e. The van der Waals surface area contributed by atoms with Crippen LogP contribution in [0.25, 0.3) is 0 Å². The van der Waals surface area contributed by atoms with E-state index in [-0.39, 0.29) is 0 Å². The summed E-state index contributed by atoms with van der Waals surface area (Å²) in [6.45, 7) is 3.88. The lowest BCUT2D eigenvalue weighted by Gasteiger charge is -2.10. The van der Waals surface area contributed by atoms with Gasteiger partial charge in [-0.05, 0) is 6.42 Å². The third-order valence-electron chi connectivity index (χ3n) is 2.15. The predicted molar refractivity (Wildman–Crippen MR) is 59.6 cm³/mol. The van der Waals surface area contributed by atoms with Crippen LogP contribution in [0.4, 0.5) is 0 Å². The number of aliphatic hydroxyl groups is 1. The number of nitrogens with two attached hydrogens (primary N) is 1. The summed E-state index contributed by atoms with van der Waals surface area (Å²) in [5.41, 5.74) is 6.13. The molecule has 6 nitrogen and oxygen atoms in total. The predicted octanol–water partition coefficient (Wildman–Crippen LogP) is -0.0856. The number of rotatable bonds is 8. The van der Waals surface area contributed by atoms with E-state index in [1.54, 1.807) is 10.9 Å². The molecule has 0 bridgehead atoms. The standard InChI is InChI=1S/C10H20N4O2/c1-2-3-4-16-8-10(15)7-14-6-9(5-11)12-13-14/h6,10,15H,2-5,7-8,11H2,1H3. The molecule has 92 valence electrons. The molecule has 0 saturated carbocycles. The molecule has 0 aliphatic rings. The molecule has 0 spiro atoms. The van der Waals surface area contributed by atoms with E-state index in [1.165, 1.54) is 0 Å². The van der Waals surface area contributed by atoms with Gasteiger partial charge in [0.15, 0.2) is 0 Å². The average molecular weight is 228 g/mol. The van der Waals surface area contributed by atoms with Gasteiger partial charge in [-0.2, -0.15) is 0 Å². The largest absolute Gasteiger partial charge is 0.389 e. The van der Waals surface area contributed by atoms with E-state index in [1.807, 2.05) is 0 Å².